The van der Waals surface area contributed by atoms with Gasteiger partial charge in [-0.2, -0.15) is 0 Å². The largest absolute Gasteiger partial charge is 0.457 e. The van der Waals surface area contributed by atoms with Gasteiger partial charge in [-0.05, 0) is 100 Å². The van der Waals surface area contributed by atoms with Gasteiger partial charge in [0.15, 0.2) is 0 Å². The Morgan fingerprint density at radius 2 is 1.42 bits per heavy atom. The van der Waals surface area contributed by atoms with E-state index < -0.39 is 28.6 Å². The minimum atomic E-state index is -2.76. The molecule has 0 fully saturated rings. The summed E-state index contributed by atoms with van der Waals surface area (Å²) in [5, 5.41) is 0.746. The zero-order valence-electron chi connectivity index (χ0n) is 37.5. The topological polar surface area (TPSA) is 28.1 Å². The summed E-state index contributed by atoms with van der Waals surface area (Å²) in [7, 11) is -2.28. The van der Waals surface area contributed by atoms with Crippen molar-refractivity contribution in [2.24, 2.45) is 4.99 Å². The molecule has 0 N–H and O–H groups in total. The fraction of sp³-hybridized carbons (Fsp3) is 0.222. The monoisotopic (exact) mass is 678 g/mol. The maximum atomic E-state index is 8.83. The van der Waals surface area contributed by atoms with Crippen LogP contribution in [-0.4, -0.2) is 26.1 Å². The van der Waals surface area contributed by atoms with E-state index in [2.05, 4.69) is 44.0 Å². The van der Waals surface area contributed by atoms with Crippen molar-refractivity contribution in [1.29, 1.82) is 0 Å². The molecule has 0 aromatic heterocycles. The number of benzene rings is 5. The lowest BCUT2D eigenvalue weighted by molar-refractivity contribution is 0.479. The van der Waals surface area contributed by atoms with Crippen molar-refractivity contribution in [2.45, 2.75) is 64.6 Å². The Kier molecular flexibility index (Phi) is 4.93. The average molecular weight is 679 g/mol. The van der Waals surface area contributed by atoms with Crippen LogP contribution in [0.1, 0.15) is 48.4 Å². The Balaban J connectivity index is 1.26. The Hall–Kier alpha value is -5.13. The molecule has 5 aromatic carbocycles. The highest BCUT2D eigenvalue weighted by Gasteiger charge is 2.48. The van der Waals surface area contributed by atoms with Crippen LogP contribution in [-0.2, 0) is 5.04 Å². The second-order valence-corrected chi connectivity index (χ2v) is 19.6. The van der Waals surface area contributed by atoms with E-state index in [1.807, 2.05) is 77.7 Å². The minimum absolute atomic E-state index is 0.0163. The van der Waals surface area contributed by atoms with E-state index in [0.717, 1.165) is 22.1 Å². The lowest BCUT2D eigenvalue weighted by Crippen LogP contribution is -2.56. The molecule has 0 amide bonds. The molecule has 0 saturated carbocycles. The summed E-state index contributed by atoms with van der Waals surface area (Å²) in [4.78, 5) is 9.13. The number of fused-ring (bicyclic) bond motifs is 7. The van der Waals surface area contributed by atoms with Gasteiger partial charge in [-0.15, -0.1) is 0 Å². The van der Waals surface area contributed by atoms with Crippen molar-refractivity contribution in [3.05, 3.63) is 144 Å². The molecule has 9 rings (SSSR count). The zero-order valence-corrected chi connectivity index (χ0v) is 29.5. The van der Waals surface area contributed by atoms with Crippen molar-refractivity contribution < 1.29 is 17.1 Å². The number of para-hydroxylation sites is 4. The van der Waals surface area contributed by atoms with Crippen LogP contribution in [0.3, 0.4) is 0 Å². The third-order valence-electron chi connectivity index (χ3n) is 11.5. The summed E-state index contributed by atoms with van der Waals surface area (Å²) in [6.45, 7) is 0.754. The van der Waals surface area contributed by atoms with E-state index in [1.54, 1.807) is 24.3 Å². The van der Waals surface area contributed by atoms with Gasteiger partial charge in [0.25, 0.3) is 0 Å². The van der Waals surface area contributed by atoms with Gasteiger partial charge < -0.3 is 9.64 Å². The van der Waals surface area contributed by atoms with E-state index in [-0.39, 0.29) is 50.5 Å². The van der Waals surface area contributed by atoms with Gasteiger partial charge in [-0.3, -0.25) is 4.90 Å². The number of hydrogen-bond acceptors (Lipinski definition) is 4. The minimum Gasteiger partial charge on any atom is -0.457 e. The number of anilines is 3. The van der Waals surface area contributed by atoms with Gasteiger partial charge in [-0.1, -0.05) is 118 Å². The molecule has 3 heterocycles. The van der Waals surface area contributed by atoms with Crippen molar-refractivity contribution in [3.8, 4) is 33.8 Å². The molecule has 248 valence electrons. The van der Waals surface area contributed by atoms with Crippen LogP contribution in [0.15, 0.2) is 126 Å². The van der Waals surface area contributed by atoms with Gasteiger partial charge >= 0.3 is 0 Å². The van der Waals surface area contributed by atoms with Crippen LogP contribution in [0, 0.1) is 20.6 Å². The van der Waals surface area contributed by atoms with Crippen molar-refractivity contribution in [3.63, 3.8) is 0 Å². The van der Waals surface area contributed by atoms with Crippen molar-refractivity contribution in [1.82, 2.24) is 0 Å². The van der Waals surface area contributed by atoms with Gasteiger partial charge in [-0.25, -0.2) is 4.99 Å². The average Bonchev–Trinajstić information content (AvgIpc) is 3.69. The maximum absolute atomic E-state index is 8.83. The van der Waals surface area contributed by atoms with E-state index >= 15 is 0 Å². The molecule has 2 unspecified atom stereocenters. The Bertz CT molecular complexity index is 2660. The third-order valence-corrected chi connectivity index (χ3v) is 16.6. The molecule has 1 aliphatic carbocycles. The lowest BCUT2D eigenvalue weighted by Gasteiger charge is -2.39. The summed E-state index contributed by atoms with van der Waals surface area (Å²) >= 11 is 0. The predicted molar refractivity (Wildman–Crippen MR) is 213 cm³/mol. The molecule has 2 atom stereocenters. The van der Waals surface area contributed by atoms with Gasteiger partial charge in [0.2, 0.25) is 5.96 Å². The SMILES string of the molecule is [2H]C([2H])([2H])c1cc(N2C3=NC4C=CC=CC4N3c3ccccc32)ccc1-c1cc(C([2H])([2H])[2H])c(-c2cccc3c2Oc2ccccc2[Si](C)(C)C3(C)C)cc1C([2H])([2H])[2H]. The number of rotatable bonds is 3. The Morgan fingerprint density at radius 1 is 0.720 bits per heavy atom. The highest BCUT2D eigenvalue weighted by molar-refractivity contribution is 6.92. The fourth-order valence-electron chi connectivity index (χ4n) is 8.08. The van der Waals surface area contributed by atoms with E-state index in [4.69, 9.17) is 22.1 Å². The van der Waals surface area contributed by atoms with Crippen molar-refractivity contribution in [2.75, 3.05) is 9.80 Å². The molecule has 0 bridgehead atoms. The normalized spacial score (nSPS) is 23.7. The third kappa shape index (κ3) is 4.32. The summed E-state index contributed by atoms with van der Waals surface area (Å²) in [6, 6.07) is 28.9. The van der Waals surface area contributed by atoms with E-state index in [1.165, 1.54) is 12.1 Å². The molecule has 4 nitrogen and oxygen atoms in total. The molecule has 5 heteroatoms. The van der Waals surface area contributed by atoms with Crippen molar-refractivity contribution >= 4 is 36.3 Å². The first kappa shape index (κ1) is 22.6. The fourth-order valence-corrected chi connectivity index (χ4v) is 10.9. The number of nitrogens with zero attached hydrogens (tertiary/aromatic N) is 3. The summed E-state index contributed by atoms with van der Waals surface area (Å²) in [5.74, 6) is 1.82. The molecular weight excluding hydrogens is 627 g/mol. The number of aliphatic imine (C=N–C) groups is 1. The molecular formula is C45H43N3OSi. The first-order valence-corrected chi connectivity index (χ1v) is 20.1. The number of guanidine groups is 1. The van der Waals surface area contributed by atoms with Crippen LogP contribution in [0.5, 0.6) is 11.5 Å². The molecule has 50 heavy (non-hydrogen) atoms. The maximum Gasteiger partial charge on any atom is 0.211 e. The lowest BCUT2D eigenvalue weighted by atomic mass is 9.88. The standard InChI is InChI=1S/C45H43N3OSi/c1-28-25-31(47-39-19-10-11-20-40(39)48-38-18-9-8-17-37(38)46-44(47)48)23-24-32(28)34-26-30(3)35(27-29(34)2)33-15-14-16-36-43(33)49-41-21-12-13-22-42(41)50(6,7)45(36,4)5/h8-27,37-38H,1-7H3/i1D3,2D3,3D3. The predicted octanol–water partition coefficient (Wildman–Crippen LogP) is 10.7. The van der Waals surface area contributed by atoms with Crippen LogP contribution < -0.4 is 19.7 Å². The van der Waals surface area contributed by atoms with E-state index in [0.29, 0.717) is 28.7 Å². The second kappa shape index (κ2) is 10.9. The number of ether oxygens (including phenoxy) is 1. The Labute approximate surface area is 309 Å². The van der Waals surface area contributed by atoms with Gasteiger partial charge in [0, 0.05) is 23.6 Å². The number of hydrogen-bond donors (Lipinski definition) is 0. The van der Waals surface area contributed by atoms with Gasteiger partial charge in [0.05, 0.1) is 31.5 Å². The second-order valence-electron chi connectivity index (χ2n) is 14.6. The van der Waals surface area contributed by atoms with Crippen LogP contribution in [0.4, 0.5) is 17.1 Å². The first-order chi connectivity index (χ1) is 27.7. The summed E-state index contributed by atoms with van der Waals surface area (Å²) in [6.07, 6.45) is 8.10. The molecule has 4 aliphatic rings. The van der Waals surface area contributed by atoms with E-state index in [9.17, 15) is 0 Å². The molecule has 0 radical (unpaired) electrons. The zero-order chi connectivity index (χ0) is 42.0. The highest BCUT2D eigenvalue weighted by Crippen LogP contribution is 2.50. The van der Waals surface area contributed by atoms with Crippen LogP contribution in [0.2, 0.25) is 13.1 Å². The van der Waals surface area contributed by atoms with Gasteiger partial charge in [0.1, 0.15) is 11.5 Å². The molecule has 0 saturated heterocycles. The molecule has 0 spiro atoms. The number of aryl methyl sites for hydroxylation is 3. The molecule has 3 aliphatic heterocycles. The smallest absolute Gasteiger partial charge is 0.211 e. The van der Waals surface area contributed by atoms with Crippen LogP contribution in [0.25, 0.3) is 22.3 Å². The van der Waals surface area contributed by atoms with Crippen LogP contribution >= 0.6 is 0 Å². The Morgan fingerprint density at radius 3 is 2.22 bits per heavy atom. The summed E-state index contributed by atoms with van der Waals surface area (Å²) in [5.41, 5.74) is 3.57. The quantitative estimate of drug-likeness (QED) is 0.178. The molecule has 5 aromatic rings. The highest BCUT2D eigenvalue weighted by atomic mass is 28.3. The number of allylic oxidation sites excluding steroid dienone is 2. The summed E-state index contributed by atoms with van der Waals surface area (Å²) < 4.78 is 86.1. The first-order valence-electron chi connectivity index (χ1n) is 21.6.